The van der Waals surface area contributed by atoms with Gasteiger partial charge in [0, 0.05) is 32.3 Å². The Kier molecular flexibility index (Phi) is 7.94. The Labute approximate surface area is 130 Å². The molecule has 1 aromatic rings. The summed E-state index contributed by atoms with van der Waals surface area (Å²) >= 11 is 0. The van der Waals surface area contributed by atoms with E-state index in [4.69, 9.17) is 10.5 Å². The predicted octanol–water partition coefficient (Wildman–Crippen LogP) is 3.38. The molecule has 1 aromatic carbocycles. The van der Waals surface area contributed by atoms with E-state index in [1.807, 2.05) is 0 Å². The van der Waals surface area contributed by atoms with Gasteiger partial charge < -0.3 is 10.5 Å². The molecule has 2 unspecified atom stereocenters. The standard InChI is InChI=1S/C18H32N2O/c1-6-17(19)18(16-9-7-15(4)8-10-16)20(11-12-21-5)13-14(2)3/h7-10,14,17-18H,6,11-13,19H2,1-5H3. The lowest BCUT2D eigenvalue weighted by molar-refractivity contribution is 0.0975. The van der Waals surface area contributed by atoms with E-state index in [1.54, 1.807) is 7.11 Å². The molecule has 0 saturated carbocycles. The first-order valence-electron chi connectivity index (χ1n) is 8.04. The highest BCUT2D eigenvalue weighted by atomic mass is 16.5. The van der Waals surface area contributed by atoms with Crippen LogP contribution in [0.2, 0.25) is 0 Å². The Bertz CT molecular complexity index is 389. The maximum atomic E-state index is 6.45. The summed E-state index contributed by atoms with van der Waals surface area (Å²) in [6.07, 6.45) is 0.972. The van der Waals surface area contributed by atoms with E-state index in [-0.39, 0.29) is 12.1 Å². The molecule has 3 nitrogen and oxygen atoms in total. The number of benzene rings is 1. The van der Waals surface area contributed by atoms with Gasteiger partial charge in [-0.2, -0.15) is 0 Å². The fraction of sp³-hybridized carbons (Fsp3) is 0.667. The monoisotopic (exact) mass is 292 g/mol. The van der Waals surface area contributed by atoms with E-state index in [1.165, 1.54) is 11.1 Å². The third kappa shape index (κ3) is 5.77. The largest absolute Gasteiger partial charge is 0.383 e. The molecule has 0 spiro atoms. The van der Waals surface area contributed by atoms with Gasteiger partial charge in [-0.15, -0.1) is 0 Å². The molecule has 0 aliphatic rings. The van der Waals surface area contributed by atoms with Crippen LogP contribution in [0.25, 0.3) is 0 Å². The number of nitrogens with zero attached hydrogens (tertiary/aromatic N) is 1. The Balaban J connectivity index is 3.03. The lowest BCUT2D eigenvalue weighted by Gasteiger charge is -2.36. The summed E-state index contributed by atoms with van der Waals surface area (Å²) < 4.78 is 5.29. The van der Waals surface area contributed by atoms with E-state index >= 15 is 0 Å². The second-order valence-corrected chi connectivity index (χ2v) is 6.31. The van der Waals surface area contributed by atoms with Gasteiger partial charge in [-0.3, -0.25) is 4.90 Å². The lowest BCUT2D eigenvalue weighted by atomic mass is 9.94. The summed E-state index contributed by atoms with van der Waals surface area (Å²) in [6.45, 7) is 11.5. The van der Waals surface area contributed by atoms with Crippen LogP contribution in [0.15, 0.2) is 24.3 Å². The average molecular weight is 292 g/mol. The van der Waals surface area contributed by atoms with Crippen molar-refractivity contribution < 1.29 is 4.74 Å². The molecule has 3 heteroatoms. The number of methoxy groups -OCH3 is 1. The highest BCUT2D eigenvalue weighted by Gasteiger charge is 2.26. The van der Waals surface area contributed by atoms with Crippen molar-refractivity contribution in [1.29, 1.82) is 0 Å². The molecule has 0 aliphatic carbocycles. The number of rotatable bonds is 9. The molecule has 0 amide bonds. The summed E-state index contributed by atoms with van der Waals surface area (Å²) in [7, 11) is 1.76. The Morgan fingerprint density at radius 3 is 2.29 bits per heavy atom. The predicted molar refractivity (Wildman–Crippen MR) is 90.5 cm³/mol. The Hall–Kier alpha value is -0.900. The van der Waals surface area contributed by atoms with E-state index in [9.17, 15) is 0 Å². The van der Waals surface area contributed by atoms with Crippen LogP contribution in [0.3, 0.4) is 0 Å². The summed E-state index contributed by atoms with van der Waals surface area (Å²) in [5, 5.41) is 0. The van der Waals surface area contributed by atoms with Gasteiger partial charge in [0.1, 0.15) is 0 Å². The van der Waals surface area contributed by atoms with Crippen LogP contribution in [-0.4, -0.2) is 37.7 Å². The molecule has 1 rings (SSSR count). The van der Waals surface area contributed by atoms with Crippen molar-refractivity contribution in [2.45, 2.75) is 46.2 Å². The molecule has 0 saturated heterocycles. The van der Waals surface area contributed by atoms with Gasteiger partial charge in [-0.1, -0.05) is 50.6 Å². The topological polar surface area (TPSA) is 38.5 Å². The molecule has 2 atom stereocenters. The van der Waals surface area contributed by atoms with Crippen molar-refractivity contribution >= 4 is 0 Å². The van der Waals surface area contributed by atoms with E-state index in [2.05, 4.69) is 56.9 Å². The first-order chi connectivity index (χ1) is 9.99. The second kappa shape index (κ2) is 9.19. The van der Waals surface area contributed by atoms with Crippen LogP contribution < -0.4 is 5.73 Å². The smallest absolute Gasteiger partial charge is 0.0589 e. The van der Waals surface area contributed by atoms with Crippen molar-refractivity contribution in [1.82, 2.24) is 4.90 Å². The van der Waals surface area contributed by atoms with Crippen LogP contribution in [0, 0.1) is 12.8 Å². The molecule has 0 aromatic heterocycles. The van der Waals surface area contributed by atoms with Gasteiger partial charge in [0.05, 0.1) is 6.61 Å². The number of nitrogens with two attached hydrogens (primary N) is 1. The van der Waals surface area contributed by atoms with Crippen LogP contribution >= 0.6 is 0 Å². The van der Waals surface area contributed by atoms with E-state index < -0.39 is 0 Å². The quantitative estimate of drug-likeness (QED) is 0.758. The molecular weight excluding hydrogens is 260 g/mol. The highest BCUT2D eigenvalue weighted by Crippen LogP contribution is 2.26. The average Bonchev–Trinajstić information content (AvgIpc) is 2.46. The van der Waals surface area contributed by atoms with Crippen molar-refractivity contribution in [3.8, 4) is 0 Å². The summed E-state index contributed by atoms with van der Waals surface area (Å²) in [6, 6.07) is 9.19. The fourth-order valence-electron chi connectivity index (χ4n) is 2.74. The van der Waals surface area contributed by atoms with Crippen molar-refractivity contribution in [2.75, 3.05) is 26.8 Å². The Morgan fingerprint density at radius 1 is 1.19 bits per heavy atom. The normalized spacial score (nSPS) is 14.7. The first-order valence-corrected chi connectivity index (χ1v) is 8.04. The summed E-state index contributed by atoms with van der Waals surface area (Å²) in [5.74, 6) is 0.610. The van der Waals surface area contributed by atoms with Crippen LogP contribution in [0.4, 0.5) is 0 Å². The molecular formula is C18H32N2O. The number of aryl methyl sites for hydroxylation is 1. The number of ether oxygens (including phenoxy) is 1. The van der Waals surface area contributed by atoms with Crippen LogP contribution in [0.1, 0.15) is 44.4 Å². The summed E-state index contributed by atoms with van der Waals surface area (Å²) in [5.41, 5.74) is 9.05. The molecule has 0 aliphatic heterocycles. The number of hydrogen-bond donors (Lipinski definition) is 1. The van der Waals surface area contributed by atoms with Gasteiger partial charge in [0.15, 0.2) is 0 Å². The van der Waals surface area contributed by atoms with Crippen molar-refractivity contribution in [2.24, 2.45) is 11.7 Å². The SMILES string of the molecule is CCC(N)C(c1ccc(C)cc1)N(CCOC)CC(C)C. The molecule has 0 radical (unpaired) electrons. The van der Waals surface area contributed by atoms with Crippen molar-refractivity contribution in [3.63, 3.8) is 0 Å². The zero-order valence-electron chi connectivity index (χ0n) is 14.3. The van der Waals surface area contributed by atoms with Gasteiger partial charge in [-0.25, -0.2) is 0 Å². The zero-order valence-corrected chi connectivity index (χ0v) is 14.3. The number of hydrogen-bond acceptors (Lipinski definition) is 3. The highest BCUT2D eigenvalue weighted by molar-refractivity contribution is 5.25. The van der Waals surface area contributed by atoms with Gasteiger partial charge in [0.25, 0.3) is 0 Å². The van der Waals surface area contributed by atoms with Gasteiger partial charge in [0.2, 0.25) is 0 Å². The minimum atomic E-state index is 0.142. The molecule has 21 heavy (non-hydrogen) atoms. The molecule has 0 bridgehead atoms. The molecule has 120 valence electrons. The third-order valence-electron chi connectivity index (χ3n) is 3.87. The first kappa shape index (κ1) is 18.1. The van der Waals surface area contributed by atoms with Gasteiger partial charge in [-0.05, 0) is 24.8 Å². The Morgan fingerprint density at radius 2 is 1.81 bits per heavy atom. The minimum Gasteiger partial charge on any atom is -0.383 e. The van der Waals surface area contributed by atoms with Crippen LogP contribution in [0.5, 0.6) is 0 Å². The second-order valence-electron chi connectivity index (χ2n) is 6.31. The fourth-order valence-corrected chi connectivity index (χ4v) is 2.74. The van der Waals surface area contributed by atoms with Gasteiger partial charge >= 0.3 is 0 Å². The molecule has 0 heterocycles. The van der Waals surface area contributed by atoms with Crippen LogP contribution in [-0.2, 0) is 4.74 Å². The lowest BCUT2D eigenvalue weighted by Crippen LogP contribution is -2.43. The molecule has 0 fully saturated rings. The maximum Gasteiger partial charge on any atom is 0.0589 e. The zero-order chi connectivity index (χ0) is 15.8. The summed E-state index contributed by atoms with van der Waals surface area (Å²) in [4.78, 5) is 2.48. The van der Waals surface area contributed by atoms with E-state index in [0.717, 1.165) is 26.1 Å². The third-order valence-corrected chi connectivity index (χ3v) is 3.87. The molecule has 2 N–H and O–H groups in total. The maximum absolute atomic E-state index is 6.45. The van der Waals surface area contributed by atoms with Crippen molar-refractivity contribution in [3.05, 3.63) is 35.4 Å². The van der Waals surface area contributed by atoms with E-state index in [0.29, 0.717) is 5.92 Å². The minimum absolute atomic E-state index is 0.142.